The Labute approximate surface area is 222 Å². The van der Waals surface area contributed by atoms with Gasteiger partial charge in [0.25, 0.3) is 5.91 Å². The number of thiophene rings is 1. The zero-order valence-corrected chi connectivity index (χ0v) is 21.5. The highest BCUT2D eigenvalue weighted by Crippen LogP contribution is 2.41. The largest absolute Gasteiger partial charge is 0.481 e. The maximum absolute atomic E-state index is 13.6. The first-order chi connectivity index (χ1) is 17.4. The van der Waals surface area contributed by atoms with E-state index in [-0.39, 0.29) is 42.3 Å². The van der Waals surface area contributed by atoms with Gasteiger partial charge in [-0.3, -0.25) is 19.3 Å². The highest BCUT2D eigenvalue weighted by Gasteiger charge is 2.42. The highest BCUT2D eigenvalue weighted by molar-refractivity contribution is 8.26. The molecule has 1 aliphatic carbocycles. The number of nitrogens with zero attached hydrogens (tertiary/aromatic N) is 1. The molecule has 1 aliphatic heterocycles. The van der Waals surface area contributed by atoms with Gasteiger partial charge in [-0.1, -0.05) is 30.0 Å². The summed E-state index contributed by atoms with van der Waals surface area (Å²) < 4.78 is 53.2. The summed E-state index contributed by atoms with van der Waals surface area (Å²) >= 11 is 7.76. The van der Waals surface area contributed by atoms with Crippen molar-refractivity contribution < 1.29 is 37.1 Å². The second-order valence-corrected chi connectivity index (χ2v) is 11.2. The Morgan fingerprint density at radius 1 is 1.22 bits per heavy atom. The Morgan fingerprint density at radius 3 is 2.68 bits per heavy atom. The first-order valence-corrected chi connectivity index (χ1v) is 13.3. The zero-order chi connectivity index (χ0) is 26.9. The molecular formula is C24H20F4N2O4S3. The molecule has 37 heavy (non-hydrogen) atoms. The van der Waals surface area contributed by atoms with Crippen LogP contribution in [0.1, 0.15) is 36.1 Å². The van der Waals surface area contributed by atoms with E-state index in [0.29, 0.717) is 38.9 Å². The van der Waals surface area contributed by atoms with Gasteiger partial charge in [-0.15, -0.1) is 11.3 Å². The summed E-state index contributed by atoms with van der Waals surface area (Å²) in [6, 6.07) is 4.17. The number of carbonyl (C=O) groups excluding carboxylic acids is 2. The third-order valence-electron chi connectivity index (χ3n) is 6.10. The summed E-state index contributed by atoms with van der Waals surface area (Å²) in [5.74, 6) is -3.24. The Bertz CT molecular complexity index is 1290. The number of benzene rings is 1. The molecule has 1 saturated carbocycles. The van der Waals surface area contributed by atoms with E-state index in [1.807, 2.05) is 0 Å². The van der Waals surface area contributed by atoms with E-state index in [9.17, 15) is 31.9 Å². The number of thioether (sulfide) groups is 1. The standard InChI is InChI=1S/C24H20F4N2O4S3/c25-18-4-2-12(9-17(18)24(26,27)28)14-8-16(36-11-14)10-19-22(34)30(23(35)37-19)15-3-1-13(7-15)21(33)29-6-5-20(31)32/h2,4,8-11,13,15H,1,3,5-7H2,(H,29,33)(H,31,32)/t13-,15+/m1/s1. The Hall–Kier alpha value is -2.77. The lowest BCUT2D eigenvalue weighted by molar-refractivity contribution is -0.140. The molecule has 1 aromatic heterocycles. The van der Waals surface area contributed by atoms with Gasteiger partial charge in [0.05, 0.1) is 16.9 Å². The molecule has 2 amide bonds. The summed E-state index contributed by atoms with van der Waals surface area (Å²) in [5, 5.41) is 12.9. The van der Waals surface area contributed by atoms with Gasteiger partial charge < -0.3 is 10.4 Å². The van der Waals surface area contributed by atoms with Gasteiger partial charge in [-0.25, -0.2) is 4.39 Å². The van der Waals surface area contributed by atoms with Crippen LogP contribution in [-0.2, 0) is 20.6 Å². The van der Waals surface area contributed by atoms with Gasteiger partial charge in [0.1, 0.15) is 10.1 Å². The summed E-state index contributed by atoms with van der Waals surface area (Å²) in [7, 11) is 0. The average Bonchev–Trinajstić information content (AvgIpc) is 3.53. The monoisotopic (exact) mass is 572 g/mol. The van der Waals surface area contributed by atoms with E-state index >= 15 is 0 Å². The molecule has 4 rings (SSSR count). The smallest absolute Gasteiger partial charge is 0.419 e. The van der Waals surface area contributed by atoms with E-state index in [1.165, 1.54) is 22.3 Å². The van der Waals surface area contributed by atoms with Crippen LogP contribution in [0.15, 0.2) is 34.6 Å². The molecule has 2 fully saturated rings. The number of thiocarbonyl (C=S) groups is 1. The summed E-state index contributed by atoms with van der Waals surface area (Å²) in [6.45, 7) is 0.0391. The van der Waals surface area contributed by atoms with Crippen molar-refractivity contribution in [3.63, 3.8) is 0 Å². The second-order valence-electron chi connectivity index (χ2n) is 8.58. The van der Waals surface area contributed by atoms with Crippen LogP contribution in [0.4, 0.5) is 17.6 Å². The number of carbonyl (C=O) groups is 3. The van der Waals surface area contributed by atoms with Gasteiger partial charge in [0.2, 0.25) is 5.91 Å². The van der Waals surface area contributed by atoms with Crippen molar-refractivity contribution >= 4 is 63.5 Å². The molecule has 196 valence electrons. The van der Waals surface area contributed by atoms with Crippen molar-refractivity contribution in [1.29, 1.82) is 0 Å². The SMILES string of the molecule is O=C(O)CCNC(=O)[C@@H]1CC[C@H](N2C(=O)C(=Cc3cc(-c4ccc(F)c(C(F)(F)F)c4)cs3)SC2=S)C1. The van der Waals surface area contributed by atoms with Gasteiger partial charge in [-0.2, -0.15) is 13.2 Å². The summed E-state index contributed by atoms with van der Waals surface area (Å²) in [4.78, 5) is 38.6. The molecule has 2 heterocycles. The normalized spacial score (nSPS) is 21.2. The fourth-order valence-corrected chi connectivity index (χ4v) is 6.61. The molecule has 13 heteroatoms. The van der Waals surface area contributed by atoms with E-state index < -0.39 is 23.5 Å². The predicted molar refractivity (Wildman–Crippen MR) is 136 cm³/mol. The molecule has 1 saturated heterocycles. The molecule has 2 aromatic rings. The number of rotatable bonds is 7. The van der Waals surface area contributed by atoms with E-state index in [4.69, 9.17) is 17.3 Å². The fraction of sp³-hybridized carbons (Fsp3) is 0.333. The number of aliphatic carboxylic acids is 1. The quantitative estimate of drug-likeness (QED) is 0.258. The molecule has 0 unspecified atom stereocenters. The first kappa shape index (κ1) is 27.3. The average molecular weight is 573 g/mol. The van der Waals surface area contributed by atoms with Crippen molar-refractivity contribution in [1.82, 2.24) is 10.2 Å². The molecule has 2 atom stereocenters. The van der Waals surface area contributed by atoms with E-state index in [2.05, 4.69) is 5.32 Å². The van der Waals surface area contributed by atoms with Gasteiger partial charge >= 0.3 is 12.1 Å². The van der Waals surface area contributed by atoms with Crippen LogP contribution in [0.25, 0.3) is 17.2 Å². The molecule has 2 N–H and O–H groups in total. The van der Waals surface area contributed by atoms with Crippen molar-refractivity contribution in [2.45, 2.75) is 37.9 Å². The highest BCUT2D eigenvalue weighted by atomic mass is 32.2. The van der Waals surface area contributed by atoms with Crippen LogP contribution in [-0.4, -0.2) is 44.7 Å². The van der Waals surface area contributed by atoms with Gasteiger partial charge in [0.15, 0.2) is 0 Å². The molecular weight excluding hydrogens is 552 g/mol. The molecule has 0 spiro atoms. The maximum Gasteiger partial charge on any atom is 0.419 e. The Kier molecular flexibility index (Phi) is 8.05. The van der Waals surface area contributed by atoms with Gasteiger partial charge in [-0.05, 0) is 60.0 Å². The molecule has 1 aromatic carbocycles. The molecule has 0 radical (unpaired) electrons. The predicted octanol–water partition coefficient (Wildman–Crippen LogP) is 5.53. The summed E-state index contributed by atoms with van der Waals surface area (Å²) in [5.41, 5.74) is -0.676. The molecule has 2 aliphatic rings. The number of nitrogens with one attached hydrogen (secondary N) is 1. The number of hydrogen-bond acceptors (Lipinski definition) is 6. The Balaban J connectivity index is 1.44. The molecule has 6 nitrogen and oxygen atoms in total. The minimum atomic E-state index is -4.81. The first-order valence-electron chi connectivity index (χ1n) is 11.2. The second kappa shape index (κ2) is 10.9. The number of hydrogen-bond donors (Lipinski definition) is 2. The summed E-state index contributed by atoms with van der Waals surface area (Å²) in [6.07, 6.45) is -1.83. The topological polar surface area (TPSA) is 86.7 Å². The molecule has 0 bridgehead atoms. The number of alkyl halides is 3. The maximum atomic E-state index is 13.6. The van der Waals surface area contributed by atoms with Crippen molar-refractivity contribution in [3.05, 3.63) is 50.8 Å². The van der Waals surface area contributed by atoms with Gasteiger partial charge in [0, 0.05) is 23.4 Å². The van der Waals surface area contributed by atoms with Crippen molar-refractivity contribution in [2.75, 3.05) is 6.54 Å². The van der Waals surface area contributed by atoms with Crippen molar-refractivity contribution in [3.8, 4) is 11.1 Å². The lowest BCUT2D eigenvalue weighted by Gasteiger charge is -2.22. The number of halogens is 4. The number of carboxylic acid groups (broad SMARTS) is 1. The Morgan fingerprint density at radius 2 is 1.97 bits per heavy atom. The lowest BCUT2D eigenvalue weighted by Crippen LogP contribution is -2.38. The van der Waals surface area contributed by atoms with Crippen LogP contribution in [0.5, 0.6) is 0 Å². The van der Waals surface area contributed by atoms with Crippen LogP contribution >= 0.6 is 35.3 Å². The van der Waals surface area contributed by atoms with Crippen LogP contribution in [0.2, 0.25) is 0 Å². The fourth-order valence-electron chi connectivity index (χ4n) is 4.29. The number of amides is 2. The lowest BCUT2D eigenvalue weighted by atomic mass is 10.0. The van der Waals surface area contributed by atoms with Crippen molar-refractivity contribution in [2.24, 2.45) is 5.92 Å². The van der Waals surface area contributed by atoms with E-state index in [0.717, 1.165) is 23.9 Å². The third kappa shape index (κ3) is 6.21. The van der Waals surface area contributed by atoms with Crippen LogP contribution < -0.4 is 5.32 Å². The zero-order valence-electron chi connectivity index (χ0n) is 19.0. The van der Waals surface area contributed by atoms with E-state index in [1.54, 1.807) is 17.5 Å². The minimum Gasteiger partial charge on any atom is -0.481 e. The number of carboxylic acids is 1. The minimum absolute atomic E-state index is 0.0391. The van der Waals surface area contributed by atoms with Crippen LogP contribution in [0, 0.1) is 11.7 Å². The van der Waals surface area contributed by atoms with Crippen LogP contribution in [0.3, 0.4) is 0 Å². The third-order valence-corrected chi connectivity index (χ3v) is 8.31.